The van der Waals surface area contributed by atoms with E-state index in [0.717, 1.165) is 40.9 Å². The number of aromatic hydroxyl groups is 1. The predicted molar refractivity (Wildman–Crippen MR) is 139 cm³/mol. The number of carbonyl (C=O) groups is 1. The highest BCUT2D eigenvalue weighted by Gasteiger charge is 2.26. The number of para-hydroxylation sites is 1. The number of phenolic OH excluding ortho intramolecular Hbond substituents is 1. The summed E-state index contributed by atoms with van der Waals surface area (Å²) >= 11 is 0. The van der Waals surface area contributed by atoms with Crippen LogP contribution in [0.4, 0.5) is 10.5 Å². The molecule has 0 saturated heterocycles. The zero-order valence-electron chi connectivity index (χ0n) is 21.2. The smallest absolute Gasteiger partial charge is 0.319 e. The van der Waals surface area contributed by atoms with E-state index in [1.807, 2.05) is 42.5 Å². The van der Waals surface area contributed by atoms with Gasteiger partial charge in [-0.3, -0.25) is 4.98 Å². The highest BCUT2D eigenvalue weighted by atomic mass is 16.3. The molecule has 5 heteroatoms. The SMILES string of the molecule is CC(C)(C)c1cc(CCc2ccccc2NC(=O)NCc2ccccn2)cc(C(C)(C)C)c1O. The van der Waals surface area contributed by atoms with Crippen LogP contribution in [0.2, 0.25) is 0 Å². The Bertz CT molecular complexity index is 1090. The van der Waals surface area contributed by atoms with Crippen LogP contribution >= 0.6 is 0 Å². The summed E-state index contributed by atoms with van der Waals surface area (Å²) in [6, 6.07) is 17.5. The van der Waals surface area contributed by atoms with E-state index in [1.165, 1.54) is 5.56 Å². The van der Waals surface area contributed by atoms with Gasteiger partial charge >= 0.3 is 6.03 Å². The first-order chi connectivity index (χ1) is 15.9. The van der Waals surface area contributed by atoms with E-state index in [9.17, 15) is 9.90 Å². The highest BCUT2D eigenvalue weighted by molar-refractivity contribution is 5.90. The van der Waals surface area contributed by atoms with Gasteiger partial charge in [0.1, 0.15) is 5.75 Å². The fraction of sp³-hybridized carbons (Fsp3) is 0.379. The van der Waals surface area contributed by atoms with Crippen LogP contribution in [0.5, 0.6) is 5.75 Å². The largest absolute Gasteiger partial charge is 0.507 e. The average molecular weight is 460 g/mol. The monoisotopic (exact) mass is 459 g/mol. The number of benzene rings is 2. The Hall–Kier alpha value is -3.34. The van der Waals surface area contributed by atoms with Crippen LogP contribution in [0.3, 0.4) is 0 Å². The van der Waals surface area contributed by atoms with Gasteiger partial charge in [-0.1, -0.05) is 77.9 Å². The number of nitrogens with zero attached hydrogens (tertiary/aromatic N) is 1. The minimum atomic E-state index is -0.257. The van der Waals surface area contributed by atoms with E-state index >= 15 is 0 Å². The molecule has 2 aromatic carbocycles. The summed E-state index contributed by atoms with van der Waals surface area (Å²) in [6.45, 7) is 13.1. The standard InChI is InChI=1S/C29H37N3O2/c1-28(2,3)23-17-20(18-24(26(23)33)29(4,5)6)14-15-21-11-7-8-13-25(21)32-27(34)31-19-22-12-9-10-16-30-22/h7-13,16-18,33H,14-15,19H2,1-6H3,(H2,31,32,34). The number of pyridine rings is 1. The Kier molecular flexibility index (Phi) is 7.65. The lowest BCUT2D eigenvalue weighted by molar-refractivity contribution is 0.251. The molecular weight excluding hydrogens is 422 g/mol. The Morgan fingerprint density at radius 2 is 1.50 bits per heavy atom. The maximum Gasteiger partial charge on any atom is 0.319 e. The number of amides is 2. The number of aryl methyl sites for hydroxylation is 2. The molecule has 0 bridgehead atoms. The second kappa shape index (κ2) is 10.3. The van der Waals surface area contributed by atoms with Crippen LogP contribution in [0.25, 0.3) is 0 Å². The van der Waals surface area contributed by atoms with E-state index in [4.69, 9.17) is 0 Å². The number of carbonyl (C=O) groups excluding carboxylic acids is 1. The van der Waals surface area contributed by atoms with E-state index < -0.39 is 0 Å². The Morgan fingerprint density at radius 1 is 0.882 bits per heavy atom. The van der Waals surface area contributed by atoms with Gasteiger partial charge in [0.25, 0.3) is 0 Å². The van der Waals surface area contributed by atoms with Gasteiger partial charge in [-0.2, -0.15) is 0 Å². The molecule has 3 aromatic rings. The van der Waals surface area contributed by atoms with Crippen LogP contribution in [-0.4, -0.2) is 16.1 Å². The maximum absolute atomic E-state index is 12.5. The quantitative estimate of drug-likeness (QED) is 0.394. The summed E-state index contributed by atoms with van der Waals surface area (Å²) < 4.78 is 0. The second-order valence-electron chi connectivity index (χ2n) is 10.8. The van der Waals surface area contributed by atoms with Gasteiger partial charge in [0.2, 0.25) is 0 Å². The number of nitrogens with one attached hydrogen (secondary N) is 2. The first kappa shape index (κ1) is 25.3. The summed E-state index contributed by atoms with van der Waals surface area (Å²) in [6.07, 6.45) is 3.29. The van der Waals surface area contributed by atoms with E-state index in [1.54, 1.807) is 6.20 Å². The Labute approximate surface area is 203 Å². The second-order valence-corrected chi connectivity index (χ2v) is 10.8. The molecule has 0 aliphatic rings. The Balaban J connectivity index is 1.75. The summed E-state index contributed by atoms with van der Waals surface area (Å²) in [5.41, 5.74) is 5.47. The molecular formula is C29H37N3O2. The molecule has 0 radical (unpaired) electrons. The molecule has 2 amide bonds. The zero-order chi connectivity index (χ0) is 24.9. The molecule has 0 aliphatic carbocycles. The molecule has 0 unspecified atom stereocenters. The van der Waals surface area contributed by atoms with Gasteiger partial charge < -0.3 is 15.7 Å². The highest BCUT2D eigenvalue weighted by Crippen LogP contribution is 2.40. The van der Waals surface area contributed by atoms with Crippen molar-refractivity contribution in [3.63, 3.8) is 0 Å². The first-order valence-corrected chi connectivity index (χ1v) is 11.8. The molecule has 3 rings (SSSR count). The number of rotatable bonds is 6. The minimum absolute atomic E-state index is 0.161. The van der Waals surface area contributed by atoms with Crippen molar-refractivity contribution in [3.8, 4) is 5.75 Å². The molecule has 34 heavy (non-hydrogen) atoms. The normalized spacial score (nSPS) is 11.8. The van der Waals surface area contributed by atoms with Gasteiger partial charge in [-0.05, 0) is 64.1 Å². The number of anilines is 1. The zero-order valence-corrected chi connectivity index (χ0v) is 21.2. The number of hydrogen-bond acceptors (Lipinski definition) is 3. The van der Waals surface area contributed by atoms with Crippen molar-refractivity contribution in [3.05, 3.63) is 88.7 Å². The average Bonchev–Trinajstić information content (AvgIpc) is 2.77. The lowest BCUT2D eigenvalue weighted by Crippen LogP contribution is -2.28. The fourth-order valence-corrected chi connectivity index (χ4v) is 3.96. The molecule has 3 N–H and O–H groups in total. The van der Waals surface area contributed by atoms with Crippen LogP contribution in [0.15, 0.2) is 60.8 Å². The third-order valence-electron chi connectivity index (χ3n) is 5.89. The fourth-order valence-electron chi connectivity index (χ4n) is 3.96. The Morgan fingerprint density at radius 3 is 2.09 bits per heavy atom. The van der Waals surface area contributed by atoms with Crippen molar-refractivity contribution >= 4 is 11.7 Å². The van der Waals surface area contributed by atoms with Gasteiger partial charge in [0.05, 0.1) is 12.2 Å². The molecule has 0 spiro atoms. The number of hydrogen-bond donors (Lipinski definition) is 3. The number of urea groups is 1. The molecule has 180 valence electrons. The lowest BCUT2D eigenvalue weighted by Gasteiger charge is -2.28. The lowest BCUT2D eigenvalue weighted by atomic mass is 9.78. The minimum Gasteiger partial charge on any atom is -0.507 e. The first-order valence-electron chi connectivity index (χ1n) is 11.8. The van der Waals surface area contributed by atoms with Crippen molar-refractivity contribution in [2.45, 2.75) is 71.8 Å². The molecule has 0 fully saturated rings. The van der Waals surface area contributed by atoms with E-state index in [0.29, 0.717) is 12.3 Å². The third kappa shape index (κ3) is 6.60. The van der Waals surface area contributed by atoms with Gasteiger partial charge in [-0.15, -0.1) is 0 Å². The van der Waals surface area contributed by atoms with Crippen molar-refractivity contribution in [2.75, 3.05) is 5.32 Å². The van der Waals surface area contributed by atoms with Crippen molar-refractivity contribution < 1.29 is 9.90 Å². The third-order valence-corrected chi connectivity index (χ3v) is 5.89. The van der Waals surface area contributed by atoms with Crippen molar-refractivity contribution in [1.29, 1.82) is 0 Å². The molecule has 0 aliphatic heterocycles. The number of aromatic nitrogens is 1. The van der Waals surface area contributed by atoms with Gasteiger partial charge in [0, 0.05) is 11.9 Å². The maximum atomic E-state index is 12.5. The van der Waals surface area contributed by atoms with E-state index in [-0.39, 0.29) is 16.9 Å². The van der Waals surface area contributed by atoms with Gasteiger partial charge in [-0.25, -0.2) is 4.79 Å². The van der Waals surface area contributed by atoms with E-state index in [2.05, 4.69) is 69.3 Å². The summed E-state index contributed by atoms with van der Waals surface area (Å²) in [5.74, 6) is 0.399. The molecule has 1 heterocycles. The molecule has 0 atom stereocenters. The van der Waals surface area contributed by atoms with Crippen LogP contribution in [-0.2, 0) is 30.2 Å². The van der Waals surface area contributed by atoms with Crippen molar-refractivity contribution in [1.82, 2.24) is 10.3 Å². The van der Waals surface area contributed by atoms with Crippen molar-refractivity contribution in [2.24, 2.45) is 0 Å². The molecule has 1 aromatic heterocycles. The van der Waals surface area contributed by atoms with Crippen LogP contribution < -0.4 is 10.6 Å². The topological polar surface area (TPSA) is 74.2 Å². The van der Waals surface area contributed by atoms with Gasteiger partial charge in [0.15, 0.2) is 0 Å². The molecule has 5 nitrogen and oxygen atoms in total. The van der Waals surface area contributed by atoms with Crippen LogP contribution in [0, 0.1) is 0 Å². The summed E-state index contributed by atoms with van der Waals surface area (Å²) in [7, 11) is 0. The predicted octanol–water partition coefficient (Wildman–Crippen LogP) is 6.49. The summed E-state index contributed by atoms with van der Waals surface area (Å²) in [5, 5.41) is 16.8. The summed E-state index contributed by atoms with van der Waals surface area (Å²) in [4.78, 5) is 16.7. The number of phenols is 1. The molecule has 0 saturated carbocycles. The van der Waals surface area contributed by atoms with Crippen LogP contribution in [0.1, 0.15) is 69.5 Å².